The van der Waals surface area contributed by atoms with Gasteiger partial charge in [0.05, 0.1) is 0 Å². The lowest BCUT2D eigenvalue weighted by Gasteiger charge is -2.02. The highest BCUT2D eigenvalue weighted by atomic mass is 19.1. The molecule has 0 amide bonds. The first-order valence-corrected chi connectivity index (χ1v) is 3.82. The summed E-state index contributed by atoms with van der Waals surface area (Å²) in [5.74, 6) is 4.71. The summed E-state index contributed by atoms with van der Waals surface area (Å²) in [6, 6.07) is 4.55. The maximum absolute atomic E-state index is 12.8. The Labute approximate surface area is 76.8 Å². The zero-order valence-corrected chi connectivity index (χ0v) is 7.48. The van der Waals surface area contributed by atoms with Crippen molar-refractivity contribution in [2.45, 2.75) is 13.8 Å². The smallest absolute Gasteiger partial charge is 0.152 e. The molecule has 0 saturated carbocycles. The fraction of sp³-hybridized carbons (Fsp3) is 0.182. The number of rotatable bonds is 0. The minimum absolute atomic E-state index is 0.266. The molecule has 1 nitrogen and oxygen atoms in total. The van der Waals surface area contributed by atoms with E-state index >= 15 is 0 Å². The Morgan fingerprint density at radius 2 is 1.77 bits per heavy atom. The average molecular weight is 173 g/mol. The number of aryl methyl sites for hydroxylation is 2. The molecule has 1 aromatic rings. The van der Waals surface area contributed by atoms with Gasteiger partial charge in [-0.1, -0.05) is 5.92 Å². The van der Waals surface area contributed by atoms with E-state index in [2.05, 4.69) is 11.8 Å². The molecule has 0 spiro atoms. The summed E-state index contributed by atoms with van der Waals surface area (Å²) >= 11 is 0. The third-order valence-corrected chi connectivity index (χ3v) is 1.74. The second-order valence-electron chi connectivity index (χ2n) is 2.78. The number of benzene rings is 1. The predicted octanol–water partition coefficient (Wildman–Crippen LogP) is 2.32. The van der Waals surface area contributed by atoms with Crippen molar-refractivity contribution in [3.63, 3.8) is 0 Å². The molecule has 0 bridgehead atoms. The van der Waals surface area contributed by atoms with Gasteiger partial charge >= 0.3 is 0 Å². The third-order valence-electron chi connectivity index (χ3n) is 1.74. The van der Waals surface area contributed by atoms with E-state index in [9.17, 15) is 4.39 Å². The van der Waals surface area contributed by atoms with Crippen molar-refractivity contribution in [3.8, 4) is 17.9 Å². The Morgan fingerprint density at radius 3 is 2.23 bits per heavy atom. The summed E-state index contributed by atoms with van der Waals surface area (Å²) < 4.78 is 12.8. The summed E-state index contributed by atoms with van der Waals surface area (Å²) in [6.07, 6.45) is 0. The Morgan fingerprint density at radius 1 is 1.23 bits per heavy atom. The highest BCUT2D eigenvalue weighted by molar-refractivity contribution is 5.48. The van der Waals surface area contributed by atoms with Gasteiger partial charge in [0.2, 0.25) is 0 Å². The molecule has 1 aromatic carbocycles. The fourth-order valence-electron chi connectivity index (χ4n) is 1.20. The van der Waals surface area contributed by atoms with Gasteiger partial charge in [-0.15, -0.1) is 0 Å². The summed E-state index contributed by atoms with van der Waals surface area (Å²) in [4.78, 5) is 0. The molecule has 0 unspecified atom stereocenters. The lowest BCUT2D eigenvalue weighted by atomic mass is 10.0. The van der Waals surface area contributed by atoms with Crippen molar-refractivity contribution >= 4 is 0 Å². The highest BCUT2D eigenvalue weighted by Gasteiger charge is 2.01. The molecule has 1 rings (SSSR count). The van der Waals surface area contributed by atoms with Crippen LogP contribution >= 0.6 is 0 Å². The fourth-order valence-corrected chi connectivity index (χ4v) is 1.20. The molecule has 0 aliphatic rings. The number of nitrogens with zero attached hydrogens (tertiary/aromatic N) is 1. The van der Waals surface area contributed by atoms with E-state index in [-0.39, 0.29) is 5.82 Å². The first-order chi connectivity index (χ1) is 6.15. The molecule has 0 heterocycles. The minimum atomic E-state index is -0.266. The van der Waals surface area contributed by atoms with Crippen LogP contribution in [0.1, 0.15) is 16.7 Å². The van der Waals surface area contributed by atoms with E-state index in [0.29, 0.717) is 0 Å². The number of hydrogen-bond acceptors (Lipinski definition) is 1. The summed E-state index contributed by atoms with van der Waals surface area (Å²) in [5.41, 5.74) is 2.27. The van der Waals surface area contributed by atoms with Crippen LogP contribution in [0, 0.1) is 42.8 Å². The monoisotopic (exact) mass is 173 g/mol. The van der Waals surface area contributed by atoms with E-state index in [1.54, 1.807) is 19.9 Å². The lowest BCUT2D eigenvalue weighted by molar-refractivity contribution is 0.625. The van der Waals surface area contributed by atoms with Gasteiger partial charge in [0.1, 0.15) is 5.82 Å². The standard InChI is InChI=1S/C11H8FN/c1-8-6-10(12)7-9(2)11(8)4-3-5-13/h6-7H,1-2H3. The van der Waals surface area contributed by atoms with E-state index in [1.807, 2.05) is 0 Å². The number of halogens is 1. The van der Waals surface area contributed by atoms with Crippen LogP contribution in [0.2, 0.25) is 0 Å². The van der Waals surface area contributed by atoms with Crippen molar-refractivity contribution in [1.29, 1.82) is 5.26 Å². The summed E-state index contributed by atoms with van der Waals surface area (Å²) in [5, 5.41) is 8.27. The zero-order chi connectivity index (χ0) is 9.84. The average Bonchev–Trinajstić information content (AvgIpc) is 2.02. The van der Waals surface area contributed by atoms with Gasteiger partial charge in [0.15, 0.2) is 6.07 Å². The van der Waals surface area contributed by atoms with Crippen molar-refractivity contribution < 1.29 is 4.39 Å². The van der Waals surface area contributed by atoms with Gasteiger partial charge in [0, 0.05) is 11.5 Å². The normalized spacial score (nSPS) is 8.46. The molecule has 0 atom stereocenters. The number of hydrogen-bond donors (Lipinski definition) is 0. The van der Waals surface area contributed by atoms with E-state index in [4.69, 9.17) is 5.26 Å². The van der Waals surface area contributed by atoms with Crippen LogP contribution in [0.3, 0.4) is 0 Å². The molecule has 0 aliphatic carbocycles. The first-order valence-electron chi connectivity index (χ1n) is 3.82. The van der Waals surface area contributed by atoms with Crippen molar-refractivity contribution in [2.75, 3.05) is 0 Å². The van der Waals surface area contributed by atoms with Crippen LogP contribution in [0.25, 0.3) is 0 Å². The van der Waals surface area contributed by atoms with E-state index in [0.717, 1.165) is 16.7 Å². The van der Waals surface area contributed by atoms with Crippen molar-refractivity contribution in [3.05, 3.63) is 34.6 Å². The SMILES string of the molecule is Cc1cc(F)cc(C)c1C#CC#N. The van der Waals surface area contributed by atoms with Crippen LogP contribution in [0.4, 0.5) is 4.39 Å². The van der Waals surface area contributed by atoms with Crippen molar-refractivity contribution in [1.82, 2.24) is 0 Å². The predicted molar refractivity (Wildman–Crippen MR) is 48.4 cm³/mol. The van der Waals surface area contributed by atoms with Crippen LogP contribution in [-0.2, 0) is 0 Å². The van der Waals surface area contributed by atoms with Gasteiger partial charge in [-0.2, -0.15) is 5.26 Å². The topological polar surface area (TPSA) is 23.8 Å². The molecule has 64 valence electrons. The second-order valence-corrected chi connectivity index (χ2v) is 2.78. The van der Waals surface area contributed by atoms with Crippen LogP contribution in [0.15, 0.2) is 12.1 Å². The molecule has 13 heavy (non-hydrogen) atoms. The van der Waals surface area contributed by atoms with Gasteiger partial charge in [0.25, 0.3) is 0 Å². The Balaban J connectivity index is 3.31. The van der Waals surface area contributed by atoms with Gasteiger partial charge in [-0.3, -0.25) is 0 Å². The van der Waals surface area contributed by atoms with Crippen molar-refractivity contribution in [2.24, 2.45) is 0 Å². The molecule has 2 heteroatoms. The lowest BCUT2D eigenvalue weighted by Crippen LogP contribution is -1.89. The van der Waals surface area contributed by atoms with Crippen LogP contribution < -0.4 is 0 Å². The second kappa shape index (κ2) is 3.74. The third kappa shape index (κ3) is 2.07. The minimum Gasteiger partial charge on any atom is -0.207 e. The van der Waals surface area contributed by atoms with Gasteiger partial charge in [-0.05, 0) is 37.1 Å². The summed E-state index contributed by atoms with van der Waals surface area (Å²) in [7, 11) is 0. The molecule has 0 N–H and O–H groups in total. The Kier molecular flexibility index (Phi) is 2.67. The van der Waals surface area contributed by atoms with Gasteiger partial charge < -0.3 is 0 Å². The van der Waals surface area contributed by atoms with E-state index < -0.39 is 0 Å². The maximum Gasteiger partial charge on any atom is 0.152 e. The quantitative estimate of drug-likeness (QED) is 0.552. The van der Waals surface area contributed by atoms with E-state index in [1.165, 1.54) is 12.1 Å². The molecule has 0 saturated heterocycles. The highest BCUT2D eigenvalue weighted by Crippen LogP contribution is 2.14. The molecule has 0 fully saturated rings. The summed E-state index contributed by atoms with van der Waals surface area (Å²) in [6.45, 7) is 3.55. The zero-order valence-electron chi connectivity index (χ0n) is 7.48. The maximum atomic E-state index is 12.8. The molecule has 0 aliphatic heterocycles. The number of nitriles is 1. The Hall–Kier alpha value is -1.80. The van der Waals surface area contributed by atoms with Crippen LogP contribution in [0.5, 0.6) is 0 Å². The van der Waals surface area contributed by atoms with Crippen LogP contribution in [-0.4, -0.2) is 0 Å². The molecule has 0 radical (unpaired) electrons. The first kappa shape index (κ1) is 9.29. The van der Waals surface area contributed by atoms with Gasteiger partial charge in [-0.25, -0.2) is 4.39 Å². The molecular formula is C11H8FN. The Bertz CT molecular complexity index is 407. The largest absolute Gasteiger partial charge is 0.207 e. The molecular weight excluding hydrogens is 165 g/mol. The molecule has 0 aromatic heterocycles.